The van der Waals surface area contributed by atoms with E-state index >= 15 is 0 Å². The van der Waals surface area contributed by atoms with Crippen LogP contribution in [-0.4, -0.2) is 23.5 Å². The van der Waals surface area contributed by atoms with Crippen LogP contribution in [0.2, 0.25) is 0 Å². The van der Waals surface area contributed by atoms with E-state index < -0.39 is 5.92 Å². The highest BCUT2D eigenvalue weighted by atomic mass is 16.4. The molecule has 0 aromatic heterocycles. The van der Waals surface area contributed by atoms with Crippen LogP contribution in [0.5, 0.6) is 0 Å². The first-order valence-corrected chi connectivity index (χ1v) is 6.88. The van der Waals surface area contributed by atoms with Crippen LogP contribution in [0.4, 0.5) is 0 Å². The minimum atomic E-state index is -0.491. The Hall–Kier alpha value is -1.26. The van der Waals surface area contributed by atoms with Crippen molar-refractivity contribution >= 4 is 11.7 Å². The Morgan fingerprint density at radius 2 is 2.22 bits per heavy atom. The van der Waals surface area contributed by atoms with Crippen LogP contribution >= 0.6 is 0 Å². The molecule has 102 valence electrons. The molecule has 0 radical (unpaired) electrons. The average Bonchev–Trinajstić information content (AvgIpc) is 3.24. The molecular formula is C13H23N3O2. The smallest absolute Gasteiger partial charge is 0.230 e. The van der Waals surface area contributed by atoms with Crippen molar-refractivity contribution in [1.82, 2.24) is 5.32 Å². The molecule has 0 aromatic carbocycles. The summed E-state index contributed by atoms with van der Waals surface area (Å²) < 4.78 is 0. The average molecular weight is 253 g/mol. The quantitative estimate of drug-likeness (QED) is 0.278. The van der Waals surface area contributed by atoms with Crippen molar-refractivity contribution in [3.63, 3.8) is 0 Å². The summed E-state index contributed by atoms with van der Waals surface area (Å²) in [6, 6.07) is 0. The Morgan fingerprint density at radius 3 is 2.67 bits per heavy atom. The van der Waals surface area contributed by atoms with Crippen LogP contribution in [0.3, 0.4) is 0 Å². The van der Waals surface area contributed by atoms with Gasteiger partial charge in [-0.3, -0.25) is 4.79 Å². The topological polar surface area (TPSA) is 87.7 Å². The SMILES string of the molecule is CCCC(C(=O)NCC1(C2CC2)CC1)C(N)=NO. The van der Waals surface area contributed by atoms with E-state index in [0.29, 0.717) is 11.8 Å². The second kappa shape index (κ2) is 5.16. The largest absolute Gasteiger partial charge is 0.409 e. The van der Waals surface area contributed by atoms with Crippen LogP contribution in [0.25, 0.3) is 0 Å². The maximum absolute atomic E-state index is 12.1. The lowest BCUT2D eigenvalue weighted by Crippen LogP contribution is -2.41. The maximum atomic E-state index is 12.1. The first-order valence-electron chi connectivity index (χ1n) is 6.88. The van der Waals surface area contributed by atoms with Gasteiger partial charge >= 0.3 is 0 Å². The van der Waals surface area contributed by atoms with Gasteiger partial charge in [0.15, 0.2) is 5.84 Å². The molecule has 18 heavy (non-hydrogen) atoms. The minimum absolute atomic E-state index is 0.0191. The number of carbonyl (C=O) groups excluding carboxylic acids is 1. The van der Waals surface area contributed by atoms with E-state index in [1.807, 2.05) is 6.92 Å². The van der Waals surface area contributed by atoms with E-state index in [4.69, 9.17) is 10.9 Å². The van der Waals surface area contributed by atoms with Crippen LogP contribution in [0.1, 0.15) is 45.4 Å². The molecule has 1 atom stereocenters. The Labute approximate surface area is 108 Å². The van der Waals surface area contributed by atoms with Gasteiger partial charge in [0.2, 0.25) is 5.91 Å². The number of hydrogen-bond acceptors (Lipinski definition) is 3. The Morgan fingerprint density at radius 1 is 1.56 bits per heavy atom. The third-order valence-electron chi connectivity index (χ3n) is 4.32. The van der Waals surface area contributed by atoms with E-state index in [1.54, 1.807) is 0 Å². The molecule has 2 aliphatic carbocycles. The van der Waals surface area contributed by atoms with E-state index in [2.05, 4.69) is 10.5 Å². The Kier molecular flexibility index (Phi) is 3.78. The number of amidine groups is 1. The molecule has 2 aliphatic rings. The maximum Gasteiger partial charge on any atom is 0.230 e. The fourth-order valence-corrected chi connectivity index (χ4v) is 2.74. The highest BCUT2D eigenvalue weighted by molar-refractivity contribution is 6.02. The van der Waals surface area contributed by atoms with Crippen LogP contribution < -0.4 is 11.1 Å². The molecular weight excluding hydrogens is 230 g/mol. The highest BCUT2D eigenvalue weighted by Gasteiger charge is 2.53. The zero-order chi connectivity index (χ0) is 13.2. The first kappa shape index (κ1) is 13.2. The monoisotopic (exact) mass is 253 g/mol. The lowest BCUT2D eigenvalue weighted by Gasteiger charge is -2.19. The molecule has 1 unspecified atom stereocenters. The number of oxime groups is 1. The lowest BCUT2D eigenvalue weighted by molar-refractivity contribution is -0.123. The van der Waals surface area contributed by atoms with Gasteiger partial charge in [-0.05, 0) is 43.4 Å². The summed E-state index contributed by atoms with van der Waals surface area (Å²) in [5.74, 6) is 0.256. The van der Waals surface area contributed by atoms with Crippen LogP contribution in [0.15, 0.2) is 5.16 Å². The van der Waals surface area contributed by atoms with Gasteiger partial charge < -0.3 is 16.3 Å². The van der Waals surface area contributed by atoms with Gasteiger partial charge in [-0.15, -0.1) is 0 Å². The molecule has 0 aromatic rings. The van der Waals surface area contributed by atoms with E-state index in [0.717, 1.165) is 18.9 Å². The van der Waals surface area contributed by atoms with E-state index in [1.165, 1.54) is 25.7 Å². The predicted octanol–water partition coefficient (Wildman–Crippen LogP) is 1.46. The summed E-state index contributed by atoms with van der Waals surface area (Å²) in [4.78, 5) is 12.1. The van der Waals surface area contributed by atoms with Gasteiger partial charge in [0.25, 0.3) is 0 Å². The van der Waals surface area contributed by atoms with Crippen molar-refractivity contribution in [1.29, 1.82) is 0 Å². The summed E-state index contributed by atoms with van der Waals surface area (Å²) >= 11 is 0. The molecule has 4 N–H and O–H groups in total. The van der Waals surface area contributed by atoms with E-state index in [-0.39, 0.29) is 11.7 Å². The summed E-state index contributed by atoms with van der Waals surface area (Å²) in [5, 5.41) is 14.7. The Balaban J connectivity index is 1.85. The molecule has 0 heterocycles. The molecule has 0 aliphatic heterocycles. The van der Waals surface area contributed by atoms with Crippen molar-refractivity contribution in [2.75, 3.05) is 6.54 Å². The van der Waals surface area contributed by atoms with Crippen molar-refractivity contribution < 1.29 is 10.0 Å². The van der Waals surface area contributed by atoms with Gasteiger partial charge in [0.1, 0.15) is 0 Å². The number of rotatable bonds is 7. The second-order valence-corrected chi connectivity index (χ2v) is 5.72. The zero-order valence-corrected chi connectivity index (χ0v) is 11.0. The normalized spacial score (nSPS) is 23.5. The molecule has 2 fully saturated rings. The second-order valence-electron chi connectivity index (χ2n) is 5.72. The molecule has 0 spiro atoms. The standard InChI is InChI=1S/C13H23N3O2/c1-2-3-10(11(14)16-18)12(17)15-8-13(6-7-13)9-4-5-9/h9-10,18H,2-8H2,1H3,(H2,14,16)(H,15,17). The summed E-state index contributed by atoms with van der Waals surface area (Å²) in [5.41, 5.74) is 5.96. The molecule has 1 amide bonds. The molecule has 0 bridgehead atoms. The number of carbonyl (C=O) groups is 1. The lowest BCUT2D eigenvalue weighted by atomic mass is 9.98. The molecule has 5 heteroatoms. The molecule has 5 nitrogen and oxygen atoms in total. The molecule has 2 rings (SSSR count). The van der Waals surface area contributed by atoms with Crippen LogP contribution in [0, 0.1) is 17.3 Å². The van der Waals surface area contributed by atoms with Gasteiger partial charge in [-0.25, -0.2) is 0 Å². The highest BCUT2D eigenvalue weighted by Crippen LogP contribution is 2.60. The zero-order valence-electron chi connectivity index (χ0n) is 11.0. The number of nitrogens with two attached hydrogens (primary N) is 1. The minimum Gasteiger partial charge on any atom is -0.409 e. The fraction of sp³-hybridized carbons (Fsp3) is 0.846. The van der Waals surface area contributed by atoms with Crippen molar-refractivity contribution in [3.8, 4) is 0 Å². The van der Waals surface area contributed by atoms with E-state index in [9.17, 15) is 4.79 Å². The molecule has 2 saturated carbocycles. The van der Waals surface area contributed by atoms with Crippen LogP contribution in [-0.2, 0) is 4.79 Å². The van der Waals surface area contributed by atoms with Gasteiger partial charge in [-0.1, -0.05) is 18.5 Å². The third kappa shape index (κ3) is 2.76. The summed E-state index contributed by atoms with van der Waals surface area (Å²) in [6.45, 7) is 2.74. The number of amides is 1. The van der Waals surface area contributed by atoms with Crippen molar-refractivity contribution in [3.05, 3.63) is 0 Å². The van der Waals surface area contributed by atoms with Crippen molar-refractivity contribution in [2.45, 2.75) is 45.4 Å². The third-order valence-corrected chi connectivity index (χ3v) is 4.32. The first-order chi connectivity index (χ1) is 8.63. The predicted molar refractivity (Wildman–Crippen MR) is 69.2 cm³/mol. The number of nitrogens with one attached hydrogen (secondary N) is 1. The number of nitrogens with zero attached hydrogens (tertiary/aromatic N) is 1. The van der Waals surface area contributed by atoms with Gasteiger partial charge in [0, 0.05) is 6.54 Å². The van der Waals surface area contributed by atoms with Gasteiger partial charge in [-0.2, -0.15) is 0 Å². The Bertz CT molecular complexity index is 346. The summed E-state index contributed by atoms with van der Waals surface area (Å²) in [6.07, 6.45) is 6.56. The van der Waals surface area contributed by atoms with Gasteiger partial charge in [0.05, 0.1) is 5.92 Å². The van der Waals surface area contributed by atoms with Crippen molar-refractivity contribution in [2.24, 2.45) is 28.1 Å². The number of hydrogen-bond donors (Lipinski definition) is 3. The fourth-order valence-electron chi connectivity index (χ4n) is 2.74. The summed E-state index contributed by atoms with van der Waals surface area (Å²) in [7, 11) is 0. The molecule has 0 saturated heterocycles.